The Hall–Kier alpha value is -0.810. The maximum absolute atomic E-state index is 12.2. The second-order valence-corrected chi connectivity index (χ2v) is 6.05. The predicted molar refractivity (Wildman–Crippen MR) is 82.6 cm³/mol. The zero-order chi connectivity index (χ0) is 15.4. The summed E-state index contributed by atoms with van der Waals surface area (Å²) < 4.78 is 5.59. The van der Waals surface area contributed by atoms with Crippen molar-refractivity contribution in [1.82, 2.24) is 5.32 Å². The summed E-state index contributed by atoms with van der Waals surface area (Å²) in [5, 5.41) is 13.8. The Kier molecular flexibility index (Phi) is 5.88. The summed E-state index contributed by atoms with van der Waals surface area (Å²) in [5.41, 5.74) is 0.382. The molecule has 1 aromatic carbocycles. The van der Waals surface area contributed by atoms with E-state index in [1.54, 1.807) is 6.07 Å². The molecule has 1 saturated heterocycles. The van der Waals surface area contributed by atoms with Crippen LogP contribution in [0.5, 0.6) is 0 Å². The van der Waals surface area contributed by atoms with Gasteiger partial charge in [0.1, 0.15) is 0 Å². The molecule has 0 spiro atoms. The first-order valence-corrected chi connectivity index (χ1v) is 7.83. The van der Waals surface area contributed by atoms with Crippen LogP contribution < -0.4 is 5.32 Å². The van der Waals surface area contributed by atoms with Gasteiger partial charge in [-0.2, -0.15) is 0 Å². The van der Waals surface area contributed by atoms with Crippen LogP contribution in [0.15, 0.2) is 18.2 Å². The van der Waals surface area contributed by atoms with E-state index < -0.39 is 12.0 Å². The number of nitrogens with one attached hydrogen (secondary N) is 1. The standard InChI is InChI=1S/C15H19Cl2NO3/c1-2-12(13-4-3-5-21-13)18-15(20)14(19)9-6-10(16)8-11(17)7-9/h6-8,12-14,19H,2-5H2,1H3,(H,18,20). The van der Waals surface area contributed by atoms with Gasteiger partial charge < -0.3 is 15.2 Å². The Morgan fingerprint density at radius 2 is 2.10 bits per heavy atom. The van der Waals surface area contributed by atoms with Crippen molar-refractivity contribution >= 4 is 29.1 Å². The van der Waals surface area contributed by atoms with Crippen LogP contribution in [0, 0.1) is 0 Å². The lowest BCUT2D eigenvalue weighted by Crippen LogP contribution is -2.44. The molecule has 0 aliphatic carbocycles. The van der Waals surface area contributed by atoms with Gasteiger partial charge in [-0.1, -0.05) is 30.1 Å². The molecule has 0 saturated carbocycles. The Balaban J connectivity index is 2.04. The summed E-state index contributed by atoms with van der Waals surface area (Å²) in [4.78, 5) is 12.2. The normalized spacial score (nSPS) is 21.0. The molecule has 3 atom stereocenters. The van der Waals surface area contributed by atoms with Crippen molar-refractivity contribution in [2.45, 2.75) is 44.4 Å². The van der Waals surface area contributed by atoms with E-state index in [2.05, 4.69) is 5.32 Å². The maximum Gasteiger partial charge on any atom is 0.253 e. The molecule has 1 aliphatic rings. The molecular formula is C15H19Cl2NO3. The largest absolute Gasteiger partial charge is 0.378 e. The molecular weight excluding hydrogens is 313 g/mol. The van der Waals surface area contributed by atoms with E-state index in [-0.39, 0.29) is 12.1 Å². The molecule has 3 unspecified atom stereocenters. The van der Waals surface area contributed by atoms with Crippen LogP contribution in [0.4, 0.5) is 0 Å². The summed E-state index contributed by atoms with van der Waals surface area (Å²) in [6.45, 7) is 2.71. The monoisotopic (exact) mass is 331 g/mol. The van der Waals surface area contributed by atoms with Crippen molar-refractivity contribution in [3.8, 4) is 0 Å². The van der Waals surface area contributed by atoms with Crippen molar-refractivity contribution < 1.29 is 14.6 Å². The third-order valence-corrected chi connectivity index (χ3v) is 4.07. The van der Waals surface area contributed by atoms with Crippen LogP contribution in [0.2, 0.25) is 10.0 Å². The molecule has 0 bridgehead atoms. The molecule has 1 aliphatic heterocycles. The van der Waals surface area contributed by atoms with Gasteiger partial charge in [0, 0.05) is 16.7 Å². The molecule has 0 radical (unpaired) electrons. The number of aliphatic hydroxyl groups is 1. The van der Waals surface area contributed by atoms with E-state index in [0.29, 0.717) is 15.6 Å². The van der Waals surface area contributed by atoms with Gasteiger partial charge in [0.25, 0.3) is 5.91 Å². The fourth-order valence-electron chi connectivity index (χ4n) is 2.52. The van der Waals surface area contributed by atoms with Crippen LogP contribution in [-0.4, -0.2) is 29.8 Å². The summed E-state index contributed by atoms with van der Waals surface area (Å²) in [6.07, 6.45) is 1.41. The van der Waals surface area contributed by atoms with Crippen LogP contribution in [0.3, 0.4) is 0 Å². The Morgan fingerprint density at radius 1 is 1.43 bits per heavy atom. The smallest absolute Gasteiger partial charge is 0.253 e. The van der Waals surface area contributed by atoms with Gasteiger partial charge in [-0.25, -0.2) is 0 Å². The molecule has 116 valence electrons. The highest BCUT2D eigenvalue weighted by Gasteiger charge is 2.28. The molecule has 2 N–H and O–H groups in total. The lowest BCUT2D eigenvalue weighted by atomic mass is 10.0. The van der Waals surface area contributed by atoms with Gasteiger partial charge in [-0.3, -0.25) is 4.79 Å². The highest BCUT2D eigenvalue weighted by molar-refractivity contribution is 6.34. The number of hydrogen-bond acceptors (Lipinski definition) is 3. The van der Waals surface area contributed by atoms with Gasteiger partial charge >= 0.3 is 0 Å². The first-order chi connectivity index (χ1) is 10.0. The molecule has 1 aromatic rings. The lowest BCUT2D eigenvalue weighted by Gasteiger charge is -2.24. The van der Waals surface area contributed by atoms with Gasteiger partial charge in [-0.15, -0.1) is 0 Å². The van der Waals surface area contributed by atoms with Crippen LogP contribution in [-0.2, 0) is 9.53 Å². The second-order valence-electron chi connectivity index (χ2n) is 5.18. The molecule has 4 nitrogen and oxygen atoms in total. The first-order valence-electron chi connectivity index (χ1n) is 7.07. The number of carbonyl (C=O) groups is 1. The van der Waals surface area contributed by atoms with Crippen LogP contribution in [0.25, 0.3) is 0 Å². The zero-order valence-electron chi connectivity index (χ0n) is 11.8. The fourth-order valence-corrected chi connectivity index (χ4v) is 3.07. The number of aliphatic hydroxyl groups excluding tert-OH is 1. The van der Waals surface area contributed by atoms with E-state index in [1.807, 2.05) is 6.92 Å². The van der Waals surface area contributed by atoms with Crippen molar-refractivity contribution in [2.24, 2.45) is 0 Å². The minimum Gasteiger partial charge on any atom is -0.378 e. The molecule has 1 amide bonds. The third kappa shape index (κ3) is 4.33. The first kappa shape index (κ1) is 16.6. The van der Waals surface area contributed by atoms with Crippen molar-refractivity contribution in [2.75, 3.05) is 6.61 Å². The molecule has 2 rings (SSSR count). The number of ether oxygens (including phenoxy) is 1. The SMILES string of the molecule is CCC(NC(=O)C(O)c1cc(Cl)cc(Cl)c1)C1CCCO1. The quantitative estimate of drug-likeness (QED) is 0.871. The minimum absolute atomic E-state index is 0.0223. The maximum atomic E-state index is 12.2. The van der Waals surface area contributed by atoms with E-state index >= 15 is 0 Å². The van der Waals surface area contributed by atoms with E-state index in [0.717, 1.165) is 25.9 Å². The van der Waals surface area contributed by atoms with Gasteiger partial charge in [0.15, 0.2) is 6.10 Å². The summed E-state index contributed by atoms with van der Waals surface area (Å²) >= 11 is 11.8. The fraction of sp³-hybridized carbons (Fsp3) is 0.533. The Morgan fingerprint density at radius 3 is 2.62 bits per heavy atom. The molecule has 1 heterocycles. The third-order valence-electron chi connectivity index (χ3n) is 3.63. The van der Waals surface area contributed by atoms with E-state index in [1.165, 1.54) is 12.1 Å². The predicted octanol–water partition coefficient (Wildman–Crippen LogP) is 3.10. The van der Waals surface area contributed by atoms with Crippen molar-refractivity contribution in [3.05, 3.63) is 33.8 Å². The van der Waals surface area contributed by atoms with Gasteiger partial charge in [0.2, 0.25) is 0 Å². The van der Waals surface area contributed by atoms with Crippen LogP contribution in [0.1, 0.15) is 37.9 Å². The Bertz CT molecular complexity index is 483. The molecule has 0 aromatic heterocycles. The summed E-state index contributed by atoms with van der Waals surface area (Å²) in [6, 6.07) is 4.53. The average molecular weight is 332 g/mol. The van der Waals surface area contributed by atoms with Crippen molar-refractivity contribution in [3.63, 3.8) is 0 Å². The summed E-state index contributed by atoms with van der Waals surface area (Å²) in [7, 11) is 0. The zero-order valence-corrected chi connectivity index (χ0v) is 13.3. The van der Waals surface area contributed by atoms with Gasteiger partial charge in [-0.05, 0) is 43.0 Å². The second kappa shape index (κ2) is 7.45. The molecule has 6 heteroatoms. The van der Waals surface area contributed by atoms with Crippen LogP contribution >= 0.6 is 23.2 Å². The highest BCUT2D eigenvalue weighted by atomic mass is 35.5. The number of benzene rings is 1. The number of amides is 1. The lowest BCUT2D eigenvalue weighted by molar-refractivity contribution is -0.131. The number of carbonyl (C=O) groups excluding carboxylic acids is 1. The Labute approximate surface area is 134 Å². The molecule has 21 heavy (non-hydrogen) atoms. The number of rotatable bonds is 5. The summed E-state index contributed by atoms with van der Waals surface area (Å²) in [5.74, 6) is -0.462. The number of halogens is 2. The highest BCUT2D eigenvalue weighted by Crippen LogP contribution is 2.24. The van der Waals surface area contributed by atoms with Crippen molar-refractivity contribution in [1.29, 1.82) is 0 Å². The van der Waals surface area contributed by atoms with E-state index in [9.17, 15) is 9.90 Å². The van der Waals surface area contributed by atoms with E-state index in [4.69, 9.17) is 27.9 Å². The van der Waals surface area contributed by atoms with Gasteiger partial charge in [0.05, 0.1) is 12.1 Å². The number of hydrogen-bond donors (Lipinski definition) is 2. The minimum atomic E-state index is -1.29. The topological polar surface area (TPSA) is 58.6 Å². The molecule has 1 fully saturated rings. The average Bonchev–Trinajstić information content (AvgIpc) is 2.96.